The summed E-state index contributed by atoms with van der Waals surface area (Å²) in [5.41, 5.74) is 7.38. The highest BCUT2D eigenvalue weighted by atomic mass is 16.5. The minimum atomic E-state index is -0.203. The molecule has 0 heterocycles. The average Bonchev–Trinajstić information content (AvgIpc) is 2.25. The molecule has 0 fully saturated rings. The number of benzene rings is 1. The van der Waals surface area contributed by atoms with Gasteiger partial charge in [-0.05, 0) is 18.2 Å². The largest absolute Gasteiger partial charge is 0.469 e. The number of carbonyl (C=O) groups is 1. The zero-order chi connectivity index (χ0) is 11.3. The van der Waals surface area contributed by atoms with E-state index in [0.29, 0.717) is 13.0 Å². The summed E-state index contributed by atoms with van der Waals surface area (Å²) >= 11 is 0. The van der Waals surface area contributed by atoms with Crippen molar-refractivity contribution in [3.8, 4) is 0 Å². The molecule has 0 amide bonds. The van der Waals surface area contributed by atoms with E-state index in [0.717, 1.165) is 11.4 Å². The molecule has 0 aliphatic heterocycles. The van der Waals surface area contributed by atoms with Crippen molar-refractivity contribution < 1.29 is 9.53 Å². The number of hydrogen-bond acceptors (Lipinski definition) is 4. The molecule has 0 aliphatic rings. The number of rotatable bonds is 4. The lowest BCUT2D eigenvalue weighted by Crippen LogP contribution is -2.21. The van der Waals surface area contributed by atoms with E-state index in [1.54, 1.807) is 0 Å². The van der Waals surface area contributed by atoms with Crippen LogP contribution in [0.25, 0.3) is 0 Å². The first-order chi connectivity index (χ1) is 7.13. The number of methoxy groups -OCH3 is 1. The maximum atomic E-state index is 10.9. The molecule has 1 aromatic carbocycles. The van der Waals surface area contributed by atoms with Gasteiger partial charge in [-0.3, -0.25) is 4.79 Å². The minimum absolute atomic E-state index is 0.203. The lowest BCUT2D eigenvalue weighted by molar-refractivity contribution is -0.140. The maximum absolute atomic E-state index is 10.9. The summed E-state index contributed by atoms with van der Waals surface area (Å²) in [7, 11) is 3.31. The number of nitrogen functional groups attached to an aromatic ring is 1. The molecule has 2 N–H and O–H groups in total. The summed E-state index contributed by atoms with van der Waals surface area (Å²) in [5.74, 6) is -0.203. The molecule has 0 aromatic heterocycles. The maximum Gasteiger partial charge on any atom is 0.307 e. The summed E-state index contributed by atoms with van der Waals surface area (Å²) in [5, 5.41) is 0. The van der Waals surface area contributed by atoms with E-state index in [1.165, 1.54) is 7.11 Å². The molecular formula is C11H16N2O2. The molecule has 0 saturated carbocycles. The van der Waals surface area contributed by atoms with Gasteiger partial charge >= 0.3 is 5.97 Å². The van der Waals surface area contributed by atoms with E-state index in [1.807, 2.05) is 36.2 Å². The van der Waals surface area contributed by atoms with Gasteiger partial charge in [0, 0.05) is 25.0 Å². The van der Waals surface area contributed by atoms with Crippen molar-refractivity contribution in [1.82, 2.24) is 0 Å². The molecule has 0 saturated heterocycles. The van der Waals surface area contributed by atoms with Crippen LogP contribution >= 0.6 is 0 Å². The van der Waals surface area contributed by atoms with Crippen LogP contribution in [-0.4, -0.2) is 26.7 Å². The Bertz CT molecular complexity index is 339. The van der Waals surface area contributed by atoms with E-state index in [4.69, 9.17) is 5.73 Å². The molecule has 0 atom stereocenters. The first kappa shape index (κ1) is 11.4. The molecule has 82 valence electrons. The highest BCUT2D eigenvalue weighted by Gasteiger charge is 2.04. The van der Waals surface area contributed by atoms with Gasteiger partial charge in [0.1, 0.15) is 0 Å². The first-order valence-corrected chi connectivity index (χ1v) is 4.77. The van der Waals surface area contributed by atoms with Crippen molar-refractivity contribution >= 4 is 17.3 Å². The number of nitrogens with zero attached hydrogens (tertiary/aromatic N) is 1. The summed E-state index contributed by atoms with van der Waals surface area (Å²) in [6.07, 6.45) is 0.377. The Kier molecular flexibility index (Phi) is 3.97. The quantitative estimate of drug-likeness (QED) is 0.598. The minimum Gasteiger partial charge on any atom is -0.469 e. The standard InChI is InChI=1S/C11H16N2O2/c1-13(7-6-11(14)15-2)10-5-3-4-9(12)8-10/h3-5,8H,6-7,12H2,1-2H3. The smallest absolute Gasteiger partial charge is 0.307 e. The van der Waals surface area contributed by atoms with Crippen molar-refractivity contribution in [1.29, 1.82) is 0 Å². The van der Waals surface area contributed by atoms with Crippen molar-refractivity contribution in [3.63, 3.8) is 0 Å². The van der Waals surface area contributed by atoms with Crippen LogP contribution in [0.2, 0.25) is 0 Å². The fourth-order valence-electron chi connectivity index (χ4n) is 1.25. The van der Waals surface area contributed by atoms with E-state index in [9.17, 15) is 4.79 Å². The van der Waals surface area contributed by atoms with Crippen molar-refractivity contribution in [2.45, 2.75) is 6.42 Å². The molecule has 0 spiro atoms. The number of anilines is 2. The van der Waals surface area contributed by atoms with Crippen LogP contribution in [0.5, 0.6) is 0 Å². The lowest BCUT2D eigenvalue weighted by Gasteiger charge is -2.18. The van der Waals surface area contributed by atoms with Crippen LogP contribution in [0.1, 0.15) is 6.42 Å². The molecule has 15 heavy (non-hydrogen) atoms. The van der Waals surface area contributed by atoms with Crippen LogP contribution in [0, 0.1) is 0 Å². The molecule has 4 nitrogen and oxygen atoms in total. The van der Waals surface area contributed by atoms with E-state index in [2.05, 4.69) is 4.74 Å². The monoisotopic (exact) mass is 208 g/mol. The first-order valence-electron chi connectivity index (χ1n) is 4.77. The number of esters is 1. The van der Waals surface area contributed by atoms with Gasteiger partial charge in [0.25, 0.3) is 0 Å². The van der Waals surface area contributed by atoms with Crippen LogP contribution in [0.15, 0.2) is 24.3 Å². The predicted octanol–water partition coefficient (Wildman–Crippen LogP) is 1.27. The molecule has 1 aromatic rings. The van der Waals surface area contributed by atoms with Gasteiger partial charge in [0.15, 0.2) is 0 Å². The van der Waals surface area contributed by atoms with Crippen molar-refractivity contribution in [2.75, 3.05) is 31.3 Å². The Labute approximate surface area is 89.6 Å². The predicted molar refractivity (Wildman–Crippen MR) is 60.8 cm³/mol. The number of hydrogen-bond donors (Lipinski definition) is 1. The molecule has 0 aliphatic carbocycles. The Morgan fingerprint density at radius 2 is 2.27 bits per heavy atom. The second-order valence-electron chi connectivity index (χ2n) is 3.34. The summed E-state index contributed by atoms with van der Waals surface area (Å²) in [6.45, 7) is 0.621. The fraction of sp³-hybridized carbons (Fsp3) is 0.364. The third-order valence-corrected chi connectivity index (χ3v) is 2.19. The van der Waals surface area contributed by atoms with Gasteiger partial charge < -0.3 is 15.4 Å². The Morgan fingerprint density at radius 1 is 1.53 bits per heavy atom. The zero-order valence-electron chi connectivity index (χ0n) is 9.06. The molecule has 1 rings (SSSR count). The van der Waals surface area contributed by atoms with Crippen LogP contribution in [-0.2, 0) is 9.53 Å². The van der Waals surface area contributed by atoms with Gasteiger partial charge in [-0.1, -0.05) is 6.07 Å². The van der Waals surface area contributed by atoms with Crippen molar-refractivity contribution in [2.24, 2.45) is 0 Å². The SMILES string of the molecule is COC(=O)CCN(C)c1cccc(N)c1. The van der Waals surface area contributed by atoms with E-state index in [-0.39, 0.29) is 5.97 Å². The molecule has 0 radical (unpaired) electrons. The van der Waals surface area contributed by atoms with Crippen LogP contribution < -0.4 is 10.6 Å². The van der Waals surface area contributed by atoms with Crippen molar-refractivity contribution in [3.05, 3.63) is 24.3 Å². The normalized spacial score (nSPS) is 9.73. The zero-order valence-corrected chi connectivity index (χ0v) is 9.06. The van der Waals surface area contributed by atoms with Gasteiger partial charge in [-0.25, -0.2) is 0 Å². The van der Waals surface area contributed by atoms with Crippen LogP contribution in [0.3, 0.4) is 0 Å². The van der Waals surface area contributed by atoms with E-state index >= 15 is 0 Å². The summed E-state index contributed by atoms with van der Waals surface area (Å²) < 4.78 is 4.57. The summed E-state index contributed by atoms with van der Waals surface area (Å²) in [4.78, 5) is 12.9. The van der Waals surface area contributed by atoms with Gasteiger partial charge in [-0.15, -0.1) is 0 Å². The summed E-state index contributed by atoms with van der Waals surface area (Å²) in [6, 6.07) is 7.54. The highest BCUT2D eigenvalue weighted by molar-refractivity contribution is 5.70. The Morgan fingerprint density at radius 3 is 2.87 bits per heavy atom. The van der Waals surface area contributed by atoms with Gasteiger partial charge in [0.05, 0.1) is 13.5 Å². The Balaban J connectivity index is 2.53. The molecule has 0 bridgehead atoms. The molecular weight excluding hydrogens is 192 g/mol. The second-order valence-corrected chi connectivity index (χ2v) is 3.34. The van der Waals surface area contributed by atoms with Gasteiger partial charge in [0.2, 0.25) is 0 Å². The van der Waals surface area contributed by atoms with Crippen LogP contribution in [0.4, 0.5) is 11.4 Å². The fourth-order valence-corrected chi connectivity index (χ4v) is 1.25. The van der Waals surface area contributed by atoms with Gasteiger partial charge in [-0.2, -0.15) is 0 Å². The third-order valence-electron chi connectivity index (χ3n) is 2.19. The lowest BCUT2D eigenvalue weighted by atomic mass is 10.2. The third kappa shape index (κ3) is 3.50. The second kappa shape index (κ2) is 5.24. The molecule has 0 unspecified atom stereocenters. The molecule has 4 heteroatoms. The highest BCUT2D eigenvalue weighted by Crippen LogP contribution is 2.15. The topological polar surface area (TPSA) is 55.6 Å². The van der Waals surface area contributed by atoms with E-state index < -0.39 is 0 Å². The number of nitrogens with two attached hydrogens (primary N) is 1. The Hall–Kier alpha value is -1.71. The average molecular weight is 208 g/mol. The number of carbonyl (C=O) groups excluding carboxylic acids is 1. The number of ether oxygens (including phenoxy) is 1.